The standard InChI is InChI=1S/C42H52N8O9S/c1-41(2,3)59-40(55)45-32-12-9-7-5-6-8-11-26-21-42(26,39(54)47-60(56,57)28-14-15-28)46-36(51)35-31-24-48(22-25(31)23-49(35)38(32)53)37(52)30-20-34(50-18-10-17-43-50)44-33-19-27(58-4)13-16-29(30)33/h8,10-11,13,16-20,25-26,28,31-32,35H,5-7,9,12,14-15,21-24H2,1-4H3,(H,45,55)(H,46,51)(H,47,54)/b11-8-/t25-,26+,31-,32+,35-,42-/m0/s1. The topological polar surface area (TPSA) is 211 Å². The van der Waals surface area contributed by atoms with Crippen LogP contribution in [0.4, 0.5) is 4.79 Å². The number of hydrogen-bond acceptors (Lipinski definition) is 11. The molecule has 3 N–H and O–H groups in total. The van der Waals surface area contributed by atoms with Crippen molar-refractivity contribution < 1.29 is 41.9 Å². The van der Waals surface area contributed by atoms with Crippen LogP contribution in [-0.4, -0.2) is 118 Å². The van der Waals surface area contributed by atoms with Gasteiger partial charge in [0.15, 0.2) is 5.82 Å². The molecule has 0 bridgehead atoms. The second-order valence-electron chi connectivity index (χ2n) is 17.6. The van der Waals surface area contributed by atoms with Gasteiger partial charge < -0.3 is 29.9 Å². The van der Waals surface area contributed by atoms with Crippen LogP contribution in [0.25, 0.3) is 16.7 Å². The summed E-state index contributed by atoms with van der Waals surface area (Å²) in [7, 11) is -2.39. The van der Waals surface area contributed by atoms with Gasteiger partial charge in [0, 0.05) is 61.2 Å². The van der Waals surface area contributed by atoms with Gasteiger partial charge in [0.25, 0.3) is 11.8 Å². The Balaban J connectivity index is 1.12. The van der Waals surface area contributed by atoms with E-state index in [0.717, 1.165) is 12.8 Å². The number of pyridine rings is 1. The predicted molar refractivity (Wildman–Crippen MR) is 218 cm³/mol. The van der Waals surface area contributed by atoms with Crippen molar-refractivity contribution in [1.29, 1.82) is 0 Å². The molecule has 17 nitrogen and oxygen atoms in total. The fraction of sp³-hybridized carbons (Fsp3) is 0.548. The highest BCUT2D eigenvalue weighted by molar-refractivity contribution is 7.91. The van der Waals surface area contributed by atoms with E-state index in [4.69, 9.17) is 14.5 Å². The van der Waals surface area contributed by atoms with Gasteiger partial charge in [0.2, 0.25) is 21.8 Å². The molecule has 1 aromatic carbocycles. The van der Waals surface area contributed by atoms with E-state index in [1.54, 1.807) is 80.2 Å². The number of allylic oxidation sites excluding steroid dienone is 1. The minimum Gasteiger partial charge on any atom is -0.497 e. The molecular weight excluding hydrogens is 793 g/mol. The third-order valence-corrected chi connectivity index (χ3v) is 14.0. The number of carbonyl (C=O) groups excluding carboxylic acids is 5. The normalized spacial score (nSPS) is 27.7. The smallest absolute Gasteiger partial charge is 0.408 e. The van der Waals surface area contributed by atoms with Gasteiger partial charge in [0.05, 0.1) is 23.4 Å². The number of carbonyl (C=O) groups is 5. The first-order chi connectivity index (χ1) is 28.6. The van der Waals surface area contributed by atoms with Crippen molar-refractivity contribution in [2.45, 2.75) is 101 Å². The van der Waals surface area contributed by atoms with Gasteiger partial charge in [-0.05, 0) is 83.6 Å². The molecule has 2 aliphatic carbocycles. The first kappa shape index (κ1) is 41.2. The summed E-state index contributed by atoms with van der Waals surface area (Å²) in [5, 5.41) is 9.96. The number of aromatic nitrogens is 3. The van der Waals surface area contributed by atoms with E-state index >= 15 is 0 Å². The minimum atomic E-state index is -3.94. The number of nitrogens with one attached hydrogen (secondary N) is 3. The fourth-order valence-corrected chi connectivity index (χ4v) is 10.2. The third kappa shape index (κ3) is 8.30. The number of fused-ring (bicyclic) bond motifs is 5. The molecular formula is C42H52N8O9S. The van der Waals surface area contributed by atoms with Crippen LogP contribution in [0.3, 0.4) is 0 Å². The Morgan fingerprint density at radius 3 is 2.53 bits per heavy atom. The largest absolute Gasteiger partial charge is 0.497 e. The van der Waals surface area contributed by atoms with Crippen LogP contribution < -0.4 is 20.1 Å². The molecule has 3 aromatic rings. The summed E-state index contributed by atoms with van der Waals surface area (Å²) in [4.78, 5) is 79.1. The van der Waals surface area contributed by atoms with Gasteiger partial charge in [-0.3, -0.25) is 23.9 Å². The minimum absolute atomic E-state index is 0.100. The molecule has 5 amide bonds. The molecule has 5 aliphatic rings. The van der Waals surface area contributed by atoms with Crippen LogP contribution >= 0.6 is 0 Å². The first-order valence-corrected chi connectivity index (χ1v) is 22.2. The number of rotatable bonds is 7. The Morgan fingerprint density at radius 2 is 1.82 bits per heavy atom. The van der Waals surface area contributed by atoms with Gasteiger partial charge >= 0.3 is 6.09 Å². The lowest BCUT2D eigenvalue weighted by molar-refractivity contribution is -0.142. The quantitative estimate of drug-likeness (QED) is 0.294. The number of ether oxygens (including phenoxy) is 2. The zero-order valence-electron chi connectivity index (χ0n) is 34.3. The maximum absolute atomic E-state index is 14.9. The number of benzene rings is 1. The fourth-order valence-electron chi connectivity index (χ4n) is 8.88. The summed E-state index contributed by atoms with van der Waals surface area (Å²) in [5.41, 5.74) is -1.48. The molecule has 8 rings (SSSR count). The summed E-state index contributed by atoms with van der Waals surface area (Å²) in [5.74, 6) is -2.60. The van der Waals surface area contributed by atoms with Crippen molar-refractivity contribution in [1.82, 2.24) is 39.9 Å². The highest BCUT2D eigenvalue weighted by atomic mass is 32.2. The monoisotopic (exact) mass is 844 g/mol. The van der Waals surface area contributed by atoms with Gasteiger partial charge in [-0.15, -0.1) is 0 Å². The van der Waals surface area contributed by atoms with Crippen LogP contribution in [0, 0.1) is 17.8 Å². The average Bonchev–Trinajstić information content (AvgIpc) is 4.00. The maximum Gasteiger partial charge on any atom is 0.408 e. The molecule has 60 heavy (non-hydrogen) atoms. The Morgan fingerprint density at radius 1 is 1.02 bits per heavy atom. The number of likely N-dealkylation sites (tertiary alicyclic amines) is 1. The first-order valence-electron chi connectivity index (χ1n) is 20.7. The van der Waals surface area contributed by atoms with Crippen molar-refractivity contribution in [3.05, 3.63) is 60.4 Å². The van der Waals surface area contributed by atoms with E-state index in [-0.39, 0.29) is 37.9 Å². The molecule has 2 aromatic heterocycles. The maximum atomic E-state index is 14.9. The summed E-state index contributed by atoms with van der Waals surface area (Å²) < 4.78 is 40.7. The summed E-state index contributed by atoms with van der Waals surface area (Å²) >= 11 is 0. The zero-order valence-corrected chi connectivity index (χ0v) is 35.1. The molecule has 6 atom stereocenters. The van der Waals surface area contributed by atoms with Crippen LogP contribution in [0.1, 0.15) is 82.5 Å². The molecule has 4 fully saturated rings. The van der Waals surface area contributed by atoms with Crippen LogP contribution in [0.2, 0.25) is 0 Å². The van der Waals surface area contributed by atoms with E-state index < -0.39 is 74.1 Å². The van der Waals surface area contributed by atoms with Crippen LogP contribution in [0.15, 0.2) is 54.9 Å². The van der Waals surface area contributed by atoms with Gasteiger partial charge in [-0.2, -0.15) is 5.10 Å². The molecule has 0 unspecified atom stereocenters. The van der Waals surface area contributed by atoms with Crippen LogP contribution in [-0.2, 0) is 29.1 Å². The van der Waals surface area contributed by atoms with Crippen molar-refractivity contribution in [2.75, 3.05) is 26.7 Å². The molecule has 5 heterocycles. The molecule has 320 valence electrons. The molecule has 0 spiro atoms. The van der Waals surface area contributed by atoms with E-state index in [1.165, 1.54) is 4.90 Å². The number of amides is 5. The number of sulfonamides is 1. The highest BCUT2D eigenvalue weighted by Crippen LogP contribution is 2.47. The molecule has 3 aliphatic heterocycles. The number of nitrogens with zero attached hydrogens (tertiary/aromatic N) is 5. The molecule has 0 radical (unpaired) electrons. The zero-order chi connectivity index (χ0) is 42.6. The average molecular weight is 845 g/mol. The van der Waals surface area contributed by atoms with Gasteiger partial charge in [-0.1, -0.05) is 25.0 Å². The number of alkyl carbamates (subject to hydrolysis) is 1. The van der Waals surface area contributed by atoms with Crippen molar-refractivity contribution in [3.8, 4) is 11.6 Å². The van der Waals surface area contributed by atoms with E-state index in [1.807, 2.05) is 12.2 Å². The lowest BCUT2D eigenvalue weighted by Crippen LogP contribution is -2.60. The van der Waals surface area contributed by atoms with Crippen LogP contribution in [0.5, 0.6) is 5.75 Å². The second kappa shape index (κ2) is 15.8. The lowest BCUT2D eigenvalue weighted by atomic mass is 9.93. The van der Waals surface area contributed by atoms with Gasteiger partial charge in [-0.25, -0.2) is 22.9 Å². The molecule has 2 saturated carbocycles. The summed E-state index contributed by atoms with van der Waals surface area (Å²) in [6, 6.07) is 6.54. The molecule has 18 heteroatoms. The third-order valence-electron chi connectivity index (χ3n) is 12.2. The summed E-state index contributed by atoms with van der Waals surface area (Å²) in [6.45, 7) is 5.60. The predicted octanol–water partition coefficient (Wildman–Crippen LogP) is 3.23. The number of methoxy groups -OCH3 is 1. The Bertz CT molecular complexity index is 2340. The van der Waals surface area contributed by atoms with Crippen molar-refractivity contribution >= 4 is 50.6 Å². The SMILES string of the molecule is COc1ccc2c(C(=O)N3C[C@H]4CN5C(=O)[C@H](NC(=O)OC(C)(C)C)CCCCC/C=C\[C@@H]6C[C@]6(C(=O)NS(=O)(=O)C6CC6)NC(=O)[C@@H]5[C@H]4C3)cc(-n3cccn3)nc2c1. The number of hydrogen-bond donors (Lipinski definition) is 3. The highest BCUT2D eigenvalue weighted by Gasteiger charge is 2.63. The van der Waals surface area contributed by atoms with Gasteiger partial charge in [0.1, 0.15) is 29.0 Å². The Labute approximate surface area is 348 Å². The lowest BCUT2D eigenvalue weighted by Gasteiger charge is -2.33. The van der Waals surface area contributed by atoms with Crippen molar-refractivity contribution in [2.24, 2.45) is 17.8 Å². The van der Waals surface area contributed by atoms with E-state index in [0.29, 0.717) is 60.1 Å². The summed E-state index contributed by atoms with van der Waals surface area (Å²) in [6.07, 6.45) is 10.6. The van der Waals surface area contributed by atoms with E-state index in [9.17, 15) is 32.4 Å². The van der Waals surface area contributed by atoms with Crippen molar-refractivity contribution in [3.63, 3.8) is 0 Å². The second-order valence-corrected chi connectivity index (χ2v) is 19.6. The Kier molecular flexibility index (Phi) is 10.9. The molecule has 2 saturated heterocycles. The van der Waals surface area contributed by atoms with E-state index in [2.05, 4.69) is 20.5 Å². The Hall–Kier alpha value is -5.52.